The highest BCUT2D eigenvalue weighted by molar-refractivity contribution is 6.30. The third-order valence-electron chi connectivity index (χ3n) is 3.45. The van der Waals surface area contributed by atoms with Crippen LogP contribution in [0.1, 0.15) is 35.6 Å². The maximum Gasteiger partial charge on any atom is 0.125 e. The van der Waals surface area contributed by atoms with Crippen LogP contribution in [0.4, 0.5) is 0 Å². The summed E-state index contributed by atoms with van der Waals surface area (Å²) >= 11 is 6.05. The predicted molar refractivity (Wildman–Crippen MR) is 84.8 cm³/mol. The van der Waals surface area contributed by atoms with Crippen molar-refractivity contribution in [1.82, 2.24) is 15.3 Å². The van der Waals surface area contributed by atoms with E-state index in [-0.39, 0.29) is 6.04 Å². The molecule has 0 radical (unpaired) electrons. The number of hydrogen-bond acceptors (Lipinski definition) is 4. The van der Waals surface area contributed by atoms with Crippen LogP contribution in [0.2, 0.25) is 5.02 Å². The molecule has 0 saturated carbocycles. The van der Waals surface area contributed by atoms with E-state index >= 15 is 0 Å². The molecule has 0 unspecified atom stereocenters. The first kappa shape index (κ1) is 15.7. The SMILES string of the molecule is COc1ccc(Cl)cc1CN[C@@H](C)c1cnc(C)nc1C. The first-order valence-corrected chi connectivity index (χ1v) is 7.25. The molecule has 0 aliphatic heterocycles. The zero-order valence-corrected chi connectivity index (χ0v) is 13.5. The summed E-state index contributed by atoms with van der Waals surface area (Å²) in [7, 11) is 1.66. The molecular formula is C16H20ClN3O. The molecule has 0 amide bonds. The average Bonchev–Trinajstić information content (AvgIpc) is 2.45. The fourth-order valence-electron chi connectivity index (χ4n) is 2.28. The summed E-state index contributed by atoms with van der Waals surface area (Å²) in [5, 5.41) is 4.16. The summed E-state index contributed by atoms with van der Waals surface area (Å²) in [5.41, 5.74) is 3.13. The van der Waals surface area contributed by atoms with Gasteiger partial charge in [0, 0.05) is 40.6 Å². The molecule has 1 aromatic carbocycles. The van der Waals surface area contributed by atoms with Crippen LogP contribution in [0.3, 0.4) is 0 Å². The number of aromatic nitrogens is 2. The summed E-state index contributed by atoms with van der Waals surface area (Å²) in [6.45, 7) is 6.66. The number of hydrogen-bond donors (Lipinski definition) is 1. The van der Waals surface area contributed by atoms with Crippen LogP contribution in [-0.4, -0.2) is 17.1 Å². The second-order valence-corrected chi connectivity index (χ2v) is 5.45. The molecule has 1 heterocycles. The van der Waals surface area contributed by atoms with Crippen molar-refractivity contribution in [2.75, 3.05) is 7.11 Å². The number of ether oxygens (including phenoxy) is 1. The van der Waals surface area contributed by atoms with Crippen LogP contribution >= 0.6 is 11.6 Å². The van der Waals surface area contributed by atoms with Gasteiger partial charge in [0.15, 0.2) is 0 Å². The van der Waals surface area contributed by atoms with E-state index in [0.717, 1.165) is 28.4 Å². The predicted octanol–water partition coefficient (Wildman–Crippen LogP) is 3.61. The highest BCUT2D eigenvalue weighted by Crippen LogP contribution is 2.23. The van der Waals surface area contributed by atoms with Crippen LogP contribution in [-0.2, 0) is 6.54 Å². The molecule has 0 aliphatic carbocycles. The van der Waals surface area contributed by atoms with Crippen molar-refractivity contribution in [3.63, 3.8) is 0 Å². The lowest BCUT2D eigenvalue weighted by Crippen LogP contribution is -2.20. The van der Waals surface area contributed by atoms with Gasteiger partial charge in [-0.1, -0.05) is 11.6 Å². The van der Waals surface area contributed by atoms with E-state index in [4.69, 9.17) is 16.3 Å². The van der Waals surface area contributed by atoms with Gasteiger partial charge in [-0.2, -0.15) is 0 Å². The number of methoxy groups -OCH3 is 1. The maximum atomic E-state index is 6.05. The van der Waals surface area contributed by atoms with Crippen LogP contribution in [0.25, 0.3) is 0 Å². The highest BCUT2D eigenvalue weighted by atomic mass is 35.5. The molecule has 1 N–H and O–H groups in total. The van der Waals surface area contributed by atoms with Gasteiger partial charge in [-0.25, -0.2) is 9.97 Å². The lowest BCUT2D eigenvalue weighted by molar-refractivity contribution is 0.406. The monoisotopic (exact) mass is 305 g/mol. The first-order valence-electron chi connectivity index (χ1n) is 6.87. The van der Waals surface area contributed by atoms with E-state index in [2.05, 4.69) is 22.2 Å². The molecule has 21 heavy (non-hydrogen) atoms. The van der Waals surface area contributed by atoms with Gasteiger partial charge >= 0.3 is 0 Å². The topological polar surface area (TPSA) is 47.0 Å². The highest BCUT2D eigenvalue weighted by Gasteiger charge is 2.11. The zero-order valence-electron chi connectivity index (χ0n) is 12.8. The Balaban J connectivity index is 2.10. The molecule has 5 heteroatoms. The molecule has 112 valence electrons. The van der Waals surface area contributed by atoms with Crippen molar-refractivity contribution >= 4 is 11.6 Å². The summed E-state index contributed by atoms with van der Waals surface area (Å²) in [6.07, 6.45) is 1.88. The molecule has 0 spiro atoms. The first-order chi connectivity index (χ1) is 10.0. The fourth-order valence-corrected chi connectivity index (χ4v) is 2.47. The van der Waals surface area contributed by atoms with Crippen molar-refractivity contribution < 1.29 is 4.74 Å². The molecule has 1 aromatic heterocycles. The molecule has 0 aliphatic rings. The van der Waals surface area contributed by atoms with Gasteiger partial charge < -0.3 is 10.1 Å². The number of nitrogens with zero attached hydrogens (tertiary/aromatic N) is 2. The lowest BCUT2D eigenvalue weighted by atomic mass is 10.1. The van der Waals surface area contributed by atoms with Crippen LogP contribution < -0.4 is 10.1 Å². The molecular weight excluding hydrogens is 286 g/mol. The van der Waals surface area contributed by atoms with Gasteiger partial charge in [0.05, 0.1) is 7.11 Å². The molecule has 0 saturated heterocycles. The number of nitrogens with one attached hydrogen (secondary N) is 1. The molecule has 0 bridgehead atoms. The second-order valence-electron chi connectivity index (χ2n) is 5.02. The van der Waals surface area contributed by atoms with Crippen molar-refractivity contribution in [2.24, 2.45) is 0 Å². The Labute approximate surface area is 130 Å². The lowest BCUT2D eigenvalue weighted by Gasteiger charge is -2.17. The quantitative estimate of drug-likeness (QED) is 0.917. The van der Waals surface area contributed by atoms with Crippen molar-refractivity contribution in [1.29, 1.82) is 0 Å². The molecule has 2 rings (SSSR count). The number of halogens is 1. The van der Waals surface area contributed by atoms with Crippen molar-refractivity contribution in [3.05, 3.63) is 52.1 Å². The van der Waals surface area contributed by atoms with Crippen LogP contribution in [0.5, 0.6) is 5.75 Å². The van der Waals surface area contributed by atoms with E-state index < -0.39 is 0 Å². The van der Waals surface area contributed by atoms with Gasteiger partial charge in [-0.15, -0.1) is 0 Å². The minimum absolute atomic E-state index is 0.147. The van der Waals surface area contributed by atoms with Gasteiger partial charge in [0.25, 0.3) is 0 Å². The Kier molecular flexibility index (Phi) is 5.15. The molecule has 0 fully saturated rings. The van der Waals surface area contributed by atoms with E-state index in [1.165, 1.54) is 0 Å². The fraction of sp³-hybridized carbons (Fsp3) is 0.375. The van der Waals surface area contributed by atoms with E-state index in [1.54, 1.807) is 7.11 Å². The molecule has 1 atom stereocenters. The van der Waals surface area contributed by atoms with E-state index in [0.29, 0.717) is 11.6 Å². The third kappa shape index (κ3) is 3.93. The van der Waals surface area contributed by atoms with Gasteiger partial charge in [0.1, 0.15) is 11.6 Å². The van der Waals surface area contributed by atoms with Gasteiger partial charge in [-0.05, 0) is 39.0 Å². The number of aryl methyl sites for hydroxylation is 2. The van der Waals surface area contributed by atoms with Gasteiger partial charge in [-0.3, -0.25) is 0 Å². The van der Waals surface area contributed by atoms with E-state index in [1.807, 2.05) is 38.2 Å². The van der Waals surface area contributed by atoms with Crippen LogP contribution in [0.15, 0.2) is 24.4 Å². The average molecular weight is 306 g/mol. The normalized spacial score (nSPS) is 12.2. The smallest absolute Gasteiger partial charge is 0.125 e. The zero-order chi connectivity index (χ0) is 15.4. The minimum Gasteiger partial charge on any atom is -0.496 e. The summed E-state index contributed by atoms with van der Waals surface area (Å²) in [6, 6.07) is 5.77. The van der Waals surface area contributed by atoms with E-state index in [9.17, 15) is 0 Å². The summed E-state index contributed by atoms with van der Waals surface area (Å²) in [4.78, 5) is 8.67. The molecule has 2 aromatic rings. The number of benzene rings is 1. The standard InChI is InChI=1S/C16H20ClN3O/c1-10(15-9-19-12(3)20-11(15)2)18-8-13-7-14(17)5-6-16(13)21-4/h5-7,9-10,18H,8H2,1-4H3/t10-/m0/s1. The van der Waals surface area contributed by atoms with Crippen molar-refractivity contribution in [2.45, 2.75) is 33.4 Å². The largest absolute Gasteiger partial charge is 0.496 e. The summed E-state index contributed by atoms with van der Waals surface area (Å²) in [5.74, 6) is 1.62. The Bertz CT molecular complexity index is 631. The Morgan fingerprint density at radius 1 is 1.33 bits per heavy atom. The maximum absolute atomic E-state index is 6.05. The minimum atomic E-state index is 0.147. The Morgan fingerprint density at radius 3 is 2.76 bits per heavy atom. The Morgan fingerprint density at radius 2 is 2.10 bits per heavy atom. The number of rotatable bonds is 5. The van der Waals surface area contributed by atoms with Crippen molar-refractivity contribution in [3.8, 4) is 5.75 Å². The Hall–Kier alpha value is -1.65. The molecule has 4 nitrogen and oxygen atoms in total. The van der Waals surface area contributed by atoms with Gasteiger partial charge in [0.2, 0.25) is 0 Å². The summed E-state index contributed by atoms with van der Waals surface area (Å²) < 4.78 is 5.35. The second kappa shape index (κ2) is 6.87. The third-order valence-corrected chi connectivity index (χ3v) is 3.68. The van der Waals surface area contributed by atoms with Crippen LogP contribution in [0, 0.1) is 13.8 Å².